The number of hydrogen-bond donors (Lipinski definition) is 1. The van der Waals surface area contributed by atoms with Gasteiger partial charge in [-0.15, -0.1) is 4.41 Å². The summed E-state index contributed by atoms with van der Waals surface area (Å²) in [5.74, 6) is 1.08. The molecule has 0 radical (unpaired) electrons. The third kappa shape index (κ3) is 3.69. The van der Waals surface area contributed by atoms with E-state index in [2.05, 4.69) is 10.4 Å². The molecule has 0 saturated carbocycles. The Hall–Kier alpha value is -2.81. The second-order valence-corrected chi connectivity index (χ2v) is 9.05. The number of hydrogen-bond acceptors (Lipinski definition) is 6. The molecule has 0 saturated heterocycles. The minimum absolute atomic E-state index is 0.209. The SMILES string of the molecule is COc1cc2cc([C@H]3C=C(c4ccccc4)NN3S(C)(=O)=O)c(Cl)nc2cc1OC. The lowest BCUT2D eigenvalue weighted by atomic mass is 10.0. The highest BCUT2D eigenvalue weighted by Gasteiger charge is 2.35. The molecule has 0 fully saturated rings. The van der Waals surface area contributed by atoms with Crippen LogP contribution in [0.5, 0.6) is 11.5 Å². The Morgan fingerprint density at radius 3 is 2.37 bits per heavy atom. The molecular formula is C21H20ClN3O4S. The van der Waals surface area contributed by atoms with Gasteiger partial charge in [0.15, 0.2) is 11.5 Å². The van der Waals surface area contributed by atoms with Crippen LogP contribution in [-0.2, 0) is 10.0 Å². The number of rotatable bonds is 5. The van der Waals surface area contributed by atoms with Gasteiger partial charge in [-0.3, -0.25) is 0 Å². The minimum atomic E-state index is -3.60. The molecule has 0 amide bonds. The van der Waals surface area contributed by atoms with Crippen LogP contribution in [0.25, 0.3) is 16.6 Å². The predicted octanol–water partition coefficient (Wildman–Crippen LogP) is 3.77. The van der Waals surface area contributed by atoms with Crippen molar-refractivity contribution >= 4 is 38.2 Å². The molecule has 0 unspecified atom stereocenters. The van der Waals surface area contributed by atoms with E-state index in [-0.39, 0.29) is 5.15 Å². The predicted molar refractivity (Wildman–Crippen MR) is 117 cm³/mol. The van der Waals surface area contributed by atoms with Crippen LogP contribution in [-0.4, -0.2) is 38.3 Å². The van der Waals surface area contributed by atoms with Crippen molar-refractivity contribution in [3.63, 3.8) is 0 Å². The van der Waals surface area contributed by atoms with Crippen molar-refractivity contribution in [2.45, 2.75) is 6.04 Å². The summed E-state index contributed by atoms with van der Waals surface area (Å²) in [6.45, 7) is 0. The fraction of sp³-hybridized carbons (Fsp3) is 0.190. The number of ether oxygens (including phenoxy) is 2. The highest BCUT2D eigenvalue weighted by molar-refractivity contribution is 7.88. The second kappa shape index (κ2) is 7.79. The molecule has 0 spiro atoms. The third-order valence-electron chi connectivity index (χ3n) is 4.87. The molecule has 0 bridgehead atoms. The number of hydrazine groups is 1. The van der Waals surface area contributed by atoms with E-state index in [1.54, 1.807) is 26.4 Å². The maximum atomic E-state index is 12.5. The summed E-state index contributed by atoms with van der Waals surface area (Å²) in [5, 5.41) is 0.961. The van der Waals surface area contributed by atoms with Crippen LogP contribution in [0.15, 0.2) is 54.6 Å². The number of pyridine rings is 1. The lowest BCUT2D eigenvalue weighted by Crippen LogP contribution is -2.38. The summed E-state index contributed by atoms with van der Waals surface area (Å²) in [6.07, 6.45) is 2.97. The maximum Gasteiger partial charge on any atom is 0.228 e. The molecular weight excluding hydrogens is 426 g/mol. The molecule has 1 atom stereocenters. The second-order valence-electron chi connectivity index (χ2n) is 6.83. The molecule has 156 valence electrons. The molecule has 1 aliphatic heterocycles. The van der Waals surface area contributed by atoms with Crippen LogP contribution in [0, 0.1) is 0 Å². The van der Waals surface area contributed by atoms with Gasteiger partial charge in [-0.2, -0.15) is 0 Å². The average molecular weight is 446 g/mol. The molecule has 30 heavy (non-hydrogen) atoms. The molecule has 1 N–H and O–H groups in total. The van der Waals surface area contributed by atoms with E-state index < -0.39 is 16.1 Å². The molecule has 1 aromatic heterocycles. The summed E-state index contributed by atoms with van der Waals surface area (Å²) in [6, 6.07) is 14.2. The fourth-order valence-corrected chi connectivity index (χ4v) is 4.54. The number of methoxy groups -OCH3 is 2. The van der Waals surface area contributed by atoms with Gasteiger partial charge in [-0.1, -0.05) is 41.9 Å². The Bertz CT molecular complexity index is 1250. The normalized spacial score (nSPS) is 16.9. The highest BCUT2D eigenvalue weighted by Crippen LogP contribution is 2.39. The Labute approximate surface area is 179 Å². The lowest BCUT2D eigenvalue weighted by molar-refractivity contribution is 0.351. The molecule has 2 heterocycles. The largest absolute Gasteiger partial charge is 0.493 e. The first-order valence-corrected chi connectivity index (χ1v) is 11.3. The topological polar surface area (TPSA) is 80.8 Å². The summed E-state index contributed by atoms with van der Waals surface area (Å²) >= 11 is 6.50. The Morgan fingerprint density at radius 1 is 1.07 bits per heavy atom. The average Bonchev–Trinajstić information content (AvgIpc) is 3.19. The van der Waals surface area contributed by atoms with Crippen LogP contribution in [0.4, 0.5) is 0 Å². The lowest BCUT2D eigenvalue weighted by Gasteiger charge is -2.23. The van der Waals surface area contributed by atoms with Crippen molar-refractivity contribution in [2.24, 2.45) is 0 Å². The number of fused-ring (bicyclic) bond motifs is 1. The molecule has 0 aliphatic carbocycles. The minimum Gasteiger partial charge on any atom is -0.493 e. The van der Waals surface area contributed by atoms with Gasteiger partial charge in [-0.05, 0) is 23.8 Å². The smallest absolute Gasteiger partial charge is 0.228 e. The van der Waals surface area contributed by atoms with Gasteiger partial charge in [0.2, 0.25) is 10.0 Å². The van der Waals surface area contributed by atoms with Gasteiger partial charge in [0.25, 0.3) is 0 Å². The maximum absolute atomic E-state index is 12.5. The standard InChI is InChI=1S/C21H20ClN3O4S/c1-28-19-10-14-9-15(21(22)23-16(14)12-20(19)29-2)18-11-17(13-7-5-4-6-8-13)24-25(18)30(3,26)27/h4-12,18,24H,1-3H3/t18-/m1/s1. The van der Waals surface area contributed by atoms with Crippen molar-refractivity contribution in [1.82, 2.24) is 14.8 Å². The van der Waals surface area contributed by atoms with Crippen molar-refractivity contribution in [2.75, 3.05) is 20.5 Å². The highest BCUT2D eigenvalue weighted by atomic mass is 35.5. The van der Waals surface area contributed by atoms with E-state index in [1.165, 1.54) is 4.41 Å². The third-order valence-corrected chi connectivity index (χ3v) is 6.20. The first kappa shape index (κ1) is 20.5. The van der Waals surface area contributed by atoms with Gasteiger partial charge >= 0.3 is 0 Å². The zero-order chi connectivity index (χ0) is 21.5. The van der Waals surface area contributed by atoms with Gasteiger partial charge < -0.3 is 14.9 Å². The molecule has 2 aromatic carbocycles. The Morgan fingerprint density at radius 2 is 1.73 bits per heavy atom. The van der Waals surface area contributed by atoms with Gasteiger partial charge in [0.1, 0.15) is 5.15 Å². The summed E-state index contributed by atoms with van der Waals surface area (Å²) in [7, 11) is -0.499. The first-order valence-electron chi connectivity index (χ1n) is 9.07. The number of nitrogens with zero attached hydrogens (tertiary/aromatic N) is 2. The van der Waals surface area contributed by atoms with Gasteiger partial charge in [0.05, 0.1) is 37.7 Å². The van der Waals surface area contributed by atoms with E-state index >= 15 is 0 Å². The van der Waals surface area contributed by atoms with Gasteiger partial charge in [-0.25, -0.2) is 13.4 Å². The van der Waals surface area contributed by atoms with E-state index in [9.17, 15) is 8.42 Å². The number of aromatic nitrogens is 1. The Kier molecular flexibility index (Phi) is 5.31. The van der Waals surface area contributed by atoms with E-state index in [4.69, 9.17) is 21.1 Å². The monoisotopic (exact) mass is 445 g/mol. The first-order chi connectivity index (χ1) is 14.3. The summed E-state index contributed by atoms with van der Waals surface area (Å²) in [4.78, 5) is 4.47. The van der Waals surface area contributed by atoms with Crippen molar-refractivity contribution in [3.05, 3.63) is 70.9 Å². The Balaban J connectivity index is 1.87. The fourth-order valence-electron chi connectivity index (χ4n) is 3.44. The van der Waals surface area contributed by atoms with E-state index in [0.29, 0.717) is 28.3 Å². The van der Waals surface area contributed by atoms with Crippen LogP contribution in [0.2, 0.25) is 5.15 Å². The van der Waals surface area contributed by atoms with Crippen molar-refractivity contribution in [3.8, 4) is 11.5 Å². The van der Waals surface area contributed by atoms with E-state index in [1.807, 2.05) is 42.5 Å². The molecule has 3 aromatic rings. The molecule has 9 heteroatoms. The van der Waals surface area contributed by atoms with Crippen LogP contribution < -0.4 is 14.9 Å². The number of benzene rings is 2. The van der Waals surface area contributed by atoms with Crippen LogP contribution in [0.1, 0.15) is 17.2 Å². The summed E-state index contributed by atoms with van der Waals surface area (Å²) in [5.41, 5.74) is 5.70. The van der Waals surface area contributed by atoms with Crippen molar-refractivity contribution < 1.29 is 17.9 Å². The molecule has 7 nitrogen and oxygen atoms in total. The van der Waals surface area contributed by atoms with Gasteiger partial charge in [0, 0.05) is 17.0 Å². The quantitative estimate of drug-likeness (QED) is 0.602. The summed E-state index contributed by atoms with van der Waals surface area (Å²) < 4.78 is 36.8. The van der Waals surface area contributed by atoms with Crippen LogP contribution >= 0.6 is 11.6 Å². The zero-order valence-corrected chi connectivity index (χ0v) is 18.2. The zero-order valence-electron chi connectivity index (χ0n) is 16.6. The number of sulfonamides is 1. The number of halogens is 1. The van der Waals surface area contributed by atoms with Crippen molar-refractivity contribution in [1.29, 1.82) is 0 Å². The number of nitrogens with one attached hydrogen (secondary N) is 1. The van der Waals surface area contributed by atoms with Crippen LogP contribution in [0.3, 0.4) is 0 Å². The van der Waals surface area contributed by atoms with E-state index in [0.717, 1.165) is 17.2 Å². The molecule has 4 rings (SSSR count). The molecule has 1 aliphatic rings.